The monoisotopic (exact) mass is 438 g/mol. The first-order chi connectivity index (χ1) is 15.4. The van der Waals surface area contributed by atoms with Crippen molar-refractivity contribution in [3.05, 3.63) is 60.2 Å². The lowest BCUT2D eigenvalue weighted by atomic mass is 10.1. The molecule has 0 aliphatic carbocycles. The van der Waals surface area contributed by atoms with Gasteiger partial charge in [-0.2, -0.15) is 0 Å². The number of phenols is 1. The normalized spacial score (nSPS) is 16.1. The van der Waals surface area contributed by atoms with Gasteiger partial charge in [-0.25, -0.2) is 4.79 Å². The number of rotatable bonds is 7. The lowest BCUT2D eigenvalue weighted by Crippen LogP contribution is -2.57. The van der Waals surface area contributed by atoms with Gasteiger partial charge < -0.3 is 25.0 Å². The molecule has 0 aromatic heterocycles. The first-order valence-corrected chi connectivity index (χ1v) is 10.7. The summed E-state index contributed by atoms with van der Waals surface area (Å²) in [5, 5.41) is 12.2. The van der Waals surface area contributed by atoms with Gasteiger partial charge in [-0.05, 0) is 50.2 Å². The Kier molecular flexibility index (Phi) is 7.83. The van der Waals surface area contributed by atoms with Gasteiger partial charge >= 0.3 is 6.03 Å². The maximum Gasteiger partial charge on any atom is 0.325 e. The van der Waals surface area contributed by atoms with E-state index in [0.29, 0.717) is 31.5 Å². The molecule has 1 aliphatic heterocycles. The zero-order valence-electron chi connectivity index (χ0n) is 18.5. The number of nitrogens with zero attached hydrogens (tertiary/aromatic N) is 3. The van der Waals surface area contributed by atoms with E-state index in [1.807, 2.05) is 25.2 Å². The number of likely N-dealkylation sites (N-methyl/N-ethyl adjacent to an activating group) is 1. The molecule has 0 saturated carbocycles. The highest BCUT2D eigenvalue weighted by atomic mass is 16.3. The van der Waals surface area contributed by atoms with E-state index in [2.05, 4.69) is 10.2 Å². The predicted octanol–water partition coefficient (Wildman–Crippen LogP) is 1.88. The lowest BCUT2D eigenvalue weighted by molar-refractivity contribution is -0.124. The highest BCUT2D eigenvalue weighted by Gasteiger charge is 2.32. The first kappa shape index (κ1) is 23.3. The van der Waals surface area contributed by atoms with Crippen LogP contribution in [0.15, 0.2) is 54.6 Å². The number of aldehydes is 1. The molecule has 0 radical (unpaired) electrons. The number of urea groups is 1. The van der Waals surface area contributed by atoms with Crippen molar-refractivity contribution in [1.29, 1.82) is 0 Å². The number of carbonyl (C=O) groups is 3. The van der Waals surface area contributed by atoms with Crippen LogP contribution in [-0.2, 0) is 16.0 Å². The number of aromatic hydroxyl groups is 1. The van der Waals surface area contributed by atoms with Crippen molar-refractivity contribution in [3.63, 3.8) is 0 Å². The molecule has 2 aromatic rings. The Labute approximate surface area is 188 Å². The van der Waals surface area contributed by atoms with Gasteiger partial charge in [0, 0.05) is 31.9 Å². The number of nitrogens with one attached hydrogen (secondary N) is 1. The minimum absolute atomic E-state index is 0.134. The molecular formula is C24H30N4O4. The van der Waals surface area contributed by atoms with Gasteiger partial charge in [-0.1, -0.05) is 30.3 Å². The Morgan fingerprint density at radius 2 is 1.69 bits per heavy atom. The first-order valence-electron chi connectivity index (χ1n) is 10.7. The van der Waals surface area contributed by atoms with Crippen LogP contribution in [0, 0.1) is 0 Å². The Bertz CT molecular complexity index is 911. The average Bonchev–Trinajstić information content (AvgIpc) is 2.81. The van der Waals surface area contributed by atoms with Gasteiger partial charge in [0.1, 0.15) is 18.1 Å². The van der Waals surface area contributed by atoms with E-state index in [1.165, 1.54) is 17.0 Å². The molecule has 1 heterocycles. The molecule has 1 fully saturated rings. The summed E-state index contributed by atoms with van der Waals surface area (Å²) >= 11 is 0. The fourth-order valence-electron chi connectivity index (χ4n) is 3.68. The van der Waals surface area contributed by atoms with Crippen LogP contribution in [0.2, 0.25) is 0 Å². The van der Waals surface area contributed by atoms with Crippen LogP contribution in [0.1, 0.15) is 12.5 Å². The predicted molar refractivity (Wildman–Crippen MR) is 123 cm³/mol. The molecule has 3 amide bonds. The summed E-state index contributed by atoms with van der Waals surface area (Å²) in [5.74, 6) is -0.276. The number of benzene rings is 2. The Morgan fingerprint density at radius 3 is 2.28 bits per heavy atom. The van der Waals surface area contributed by atoms with Crippen molar-refractivity contribution in [2.45, 2.75) is 25.4 Å². The molecule has 32 heavy (non-hydrogen) atoms. The Balaban J connectivity index is 1.74. The molecule has 2 atom stereocenters. The van der Waals surface area contributed by atoms with Crippen LogP contribution in [-0.4, -0.2) is 78.4 Å². The quantitative estimate of drug-likeness (QED) is 0.644. The van der Waals surface area contributed by atoms with Crippen molar-refractivity contribution >= 4 is 23.9 Å². The fraction of sp³-hybridized carbons (Fsp3) is 0.375. The standard InChI is InChI=1S/C24H30N4O4/c1-18(23(31)25-20(17-29)16-19-8-10-22(30)11-9-19)28(21-6-4-3-5-7-21)24(32)27-14-12-26(2)13-15-27/h3-11,17-18,20,30H,12-16H2,1-2H3,(H,25,31)/t18-,20-/m0/s1. The van der Waals surface area contributed by atoms with Crippen molar-refractivity contribution in [3.8, 4) is 5.75 Å². The molecule has 8 heteroatoms. The summed E-state index contributed by atoms with van der Waals surface area (Å²) < 4.78 is 0. The number of amides is 3. The number of hydrogen-bond acceptors (Lipinski definition) is 5. The van der Waals surface area contributed by atoms with E-state index in [-0.39, 0.29) is 11.8 Å². The molecule has 0 unspecified atom stereocenters. The van der Waals surface area contributed by atoms with Gasteiger partial charge in [0.25, 0.3) is 0 Å². The third-order valence-electron chi connectivity index (χ3n) is 5.66. The van der Waals surface area contributed by atoms with Gasteiger partial charge in [0.2, 0.25) is 5.91 Å². The van der Waals surface area contributed by atoms with E-state index >= 15 is 0 Å². The Hall–Kier alpha value is -3.39. The summed E-state index contributed by atoms with van der Waals surface area (Å²) in [6.07, 6.45) is 0.979. The fourth-order valence-corrected chi connectivity index (χ4v) is 3.68. The number of para-hydroxylation sites is 1. The van der Waals surface area contributed by atoms with Crippen molar-refractivity contribution < 1.29 is 19.5 Å². The number of piperazine rings is 1. The lowest BCUT2D eigenvalue weighted by Gasteiger charge is -2.38. The summed E-state index contributed by atoms with van der Waals surface area (Å²) in [6, 6.07) is 13.8. The second-order valence-corrected chi connectivity index (χ2v) is 8.08. The molecule has 8 nitrogen and oxygen atoms in total. The third-order valence-corrected chi connectivity index (χ3v) is 5.66. The molecule has 170 valence electrons. The summed E-state index contributed by atoms with van der Waals surface area (Å²) in [5.41, 5.74) is 1.43. The molecule has 3 rings (SSSR count). The Morgan fingerprint density at radius 1 is 1.06 bits per heavy atom. The number of hydrogen-bond donors (Lipinski definition) is 2. The van der Waals surface area contributed by atoms with Crippen LogP contribution >= 0.6 is 0 Å². The van der Waals surface area contributed by atoms with Gasteiger partial charge in [-0.15, -0.1) is 0 Å². The number of phenolic OH excluding ortho intramolecular Hbond substituents is 1. The minimum atomic E-state index is -0.813. The summed E-state index contributed by atoms with van der Waals surface area (Å²) in [7, 11) is 2.01. The smallest absolute Gasteiger partial charge is 0.325 e. The SMILES string of the molecule is C[C@@H](C(=O)N[C@H](C=O)Cc1ccc(O)cc1)N(C(=O)N1CCN(C)CC1)c1ccccc1. The zero-order chi connectivity index (χ0) is 23.1. The van der Waals surface area contributed by atoms with E-state index in [9.17, 15) is 19.5 Å². The molecule has 2 N–H and O–H groups in total. The largest absolute Gasteiger partial charge is 0.508 e. The van der Waals surface area contributed by atoms with E-state index < -0.39 is 18.0 Å². The molecule has 2 aromatic carbocycles. The third kappa shape index (κ3) is 5.85. The highest BCUT2D eigenvalue weighted by molar-refractivity contribution is 6.00. The van der Waals surface area contributed by atoms with Crippen LogP contribution in [0.25, 0.3) is 0 Å². The second kappa shape index (κ2) is 10.8. The average molecular weight is 439 g/mol. The molecule has 1 saturated heterocycles. The van der Waals surface area contributed by atoms with Gasteiger partial charge in [0.05, 0.1) is 6.04 Å². The summed E-state index contributed by atoms with van der Waals surface area (Å²) in [4.78, 5) is 43.5. The van der Waals surface area contributed by atoms with Crippen LogP contribution in [0.5, 0.6) is 5.75 Å². The van der Waals surface area contributed by atoms with Gasteiger partial charge in [0.15, 0.2) is 0 Å². The van der Waals surface area contributed by atoms with Crippen LogP contribution in [0.4, 0.5) is 10.5 Å². The van der Waals surface area contributed by atoms with E-state index in [4.69, 9.17) is 0 Å². The minimum Gasteiger partial charge on any atom is -0.508 e. The summed E-state index contributed by atoms with van der Waals surface area (Å²) in [6.45, 7) is 4.39. The molecule has 1 aliphatic rings. The highest BCUT2D eigenvalue weighted by Crippen LogP contribution is 2.20. The maximum atomic E-state index is 13.4. The van der Waals surface area contributed by atoms with Crippen molar-refractivity contribution in [1.82, 2.24) is 15.1 Å². The van der Waals surface area contributed by atoms with Crippen LogP contribution in [0.3, 0.4) is 0 Å². The van der Waals surface area contributed by atoms with Crippen LogP contribution < -0.4 is 10.2 Å². The van der Waals surface area contributed by atoms with Crippen molar-refractivity contribution in [2.75, 3.05) is 38.1 Å². The van der Waals surface area contributed by atoms with E-state index in [0.717, 1.165) is 18.7 Å². The van der Waals surface area contributed by atoms with Crippen molar-refractivity contribution in [2.24, 2.45) is 0 Å². The number of carbonyl (C=O) groups excluding carboxylic acids is 3. The number of anilines is 1. The molecular weight excluding hydrogens is 408 g/mol. The van der Waals surface area contributed by atoms with E-state index in [1.54, 1.807) is 36.1 Å². The zero-order valence-corrected chi connectivity index (χ0v) is 18.5. The topological polar surface area (TPSA) is 93.2 Å². The maximum absolute atomic E-state index is 13.4. The molecule has 0 spiro atoms. The molecule has 0 bridgehead atoms. The second-order valence-electron chi connectivity index (χ2n) is 8.08. The van der Waals surface area contributed by atoms with Gasteiger partial charge in [-0.3, -0.25) is 9.69 Å².